The van der Waals surface area contributed by atoms with E-state index in [1.807, 2.05) is 0 Å². The number of hydrogen-bond donors (Lipinski definition) is 3. The zero-order valence-corrected chi connectivity index (χ0v) is 9.96. The third-order valence-electron chi connectivity index (χ3n) is 2.02. The minimum Gasteiger partial charge on any atom is -0.385 e. The smallest absolute Gasteiger partial charge is 0.205 e. The molecule has 0 fully saturated rings. The Morgan fingerprint density at radius 3 is 3.12 bits per heavy atom. The number of nitrogens with two attached hydrogens (primary N) is 1. The summed E-state index contributed by atoms with van der Waals surface area (Å²) >= 11 is 0. The Morgan fingerprint density at radius 2 is 2.47 bits per heavy atom. The molecule has 0 aliphatic carbocycles. The highest BCUT2D eigenvalue weighted by atomic mass is 16.5. The maximum Gasteiger partial charge on any atom is 0.205 e. The normalized spacial score (nSPS) is 11.5. The van der Waals surface area contributed by atoms with E-state index in [-0.39, 0.29) is 0 Å². The van der Waals surface area contributed by atoms with Gasteiger partial charge in [-0.1, -0.05) is 5.21 Å². The summed E-state index contributed by atoms with van der Waals surface area (Å²) in [6.45, 7) is 2.75. The summed E-state index contributed by atoms with van der Waals surface area (Å²) in [5.41, 5.74) is 2.51. The maximum atomic E-state index is 5.34. The molecular weight excluding hydrogens is 222 g/mol. The summed E-state index contributed by atoms with van der Waals surface area (Å²) in [6, 6.07) is 0. The van der Waals surface area contributed by atoms with Crippen LogP contribution in [0.15, 0.2) is 17.4 Å². The first-order valence-electron chi connectivity index (χ1n) is 5.44. The minimum atomic E-state index is 0.571. The summed E-state index contributed by atoms with van der Waals surface area (Å²) < 4.78 is 6.66. The van der Waals surface area contributed by atoms with E-state index in [4.69, 9.17) is 10.6 Å². The zero-order chi connectivity index (χ0) is 12.3. The molecule has 0 aliphatic rings. The van der Waals surface area contributed by atoms with E-state index in [1.165, 1.54) is 0 Å². The predicted molar refractivity (Wildman–Crippen MR) is 64.1 cm³/mol. The third-order valence-corrected chi connectivity index (χ3v) is 2.02. The molecule has 0 atom stereocenters. The number of nitrogens with one attached hydrogen (secondary N) is 2. The zero-order valence-electron chi connectivity index (χ0n) is 9.96. The van der Waals surface area contributed by atoms with Crippen LogP contribution in [-0.4, -0.2) is 47.8 Å². The molecule has 1 aromatic rings. The fourth-order valence-electron chi connectivity index (χ4n) is 1.19. The number of methoxy groups -OCH3 is 1. The lowest BCUT2D eigenvalue weighted by Crippen LogP contribution is -2.42. The van der Waals surface area contributed by atoms with Crippen LogP contribution in [0.4, 0.5) is 0 Å². The molecule has 0 unspecified atom stereocenters. The monoisotopic (exact) mass is 241 g/mol. The molecule has 1 rings (SSSR count). The van der Waals surface area contributed by atoms with Gasteiger partial charge in [-0.2, -0.15) is 0 Å². The van der Waals surface area contributed by atoms with Gasteiger partial charge in [0.1, 0.15) is 0 Å². The molecule has 0 aliphatic heterocycles. The van der Waals surface area contributed by atoms with E-state index in [0.717, 1.165) is 6.42 Å². The second-order valence-electron chi connectivity index (χ2n) is 3.31. The van der Waals surface area contributed by atoms with Crippen molar-refractivity contribution in [3.05, 3.63) is 12.4 Å². The molecule has 8 nitrogen and oxygen atoms in total. The van der Waals surface area contributed by atoms with Gasteiger partial charge in [0.2, 0.25) is 5.96 Å². The molecule has 8 heteroatoms. The molecule has 96 valence electrons. The van der Waals surface area contributed by atoms with Gasteiger partial charge in [-0.05, 0) is 6.42 Å². The highest BCUT2D eigenvalue weighted by molar-refractivity contribution is 5.79. The Balaban J connectivity index is 2.17. The number of nitrogens with zero attached hydrogens (tertiary/aromatic N) is 4. The topological polar surface area (TPSA) is 102 Å². The van der Waals surface area contributed by atoms with Crippen molar-refractivity contribution in [2.24, 2.45) is 10.8 Å². The number of aromatic nitrogens is 3. The van der Waals surface area contributed by atoms with Crippen molar-refractivity contribution in [2.75, 3.05) is 26.8 Å². The average molecular weight is 241 g/mol. The first-order valence-corrected chi connectivity index (χ1v) is 5.44. The number of aliphatic imine (C=N–C) groups is 1. The molecule has 17 heavy (non-hydrogen) atoms. The van der Waals surface area contributed by atoms with Crippen molar-refractivity contribution >= 4 is 5.96 Å². The Labute approximate surface area is 100 Å². The molecule has 1 aromatic heterocycles. The van der Waals surface area contributed by atoms with Gasteiger partial charge in [0.15, 0.2) is 0 Å². The number of ether oxygens (including phenoxy) is 1. The Bertz CT molecular complexity index is 311. The third kappa shape index (κ3) is 5.83. The summed E-state index contributed by atoms with van der Waals surface area (Å²) in [5, 5.41) is 10.6. The summed E-state index contributed by atoms with van der Waals surface area (Å²) in [4.78, 5) is 4.24. The number of guanidine groups is 1. The number of hydrazine groups is 1. The van der Waals surface area contributed by atoms with Gasteiger partial charge < -0.3 is 10.1 Å². The van der Waals surface area contributed by atoms with Gasteiger partial charge in [0.05, 0.1) is 12.7 Å². The van der Waals surface area contributed by atoms with Gasteiger partial charge in [-0.25, -0.2) is 5.84 Å². The lowest BCUT2D eigenvalue weighted by Gasteiger charge is -2.08. The van der Waals surface area contributed by atoms with Crippen molar-refractivity contribution in [1.29, 1.82) is 0 Å². The molecule has 0 aromatic carbocycles. The quantitative estimate of drug-likeness (QED) is 0.181. The fourth-order valence-corrected chi connectivity index (χ4v) is 1.19. The van der Waals surface area contributed by atoms with E-state index >= 15 is 0 Å². The lowest BCUT2D eigenvalue weighted by molar-refractivity contribution is 0.197. The standard InChI is InChI=1S/C9H19N7O/c1-17-8-2-3-11-9(14-10)12-4-6-16-7-5-13-15-16/h5,7H,2-4,6,8,10H2,1H3,(H2,11,12,14). The molecule has 0 amide bonds. The molecule has 4 N–H and O–H groups in total. The van der Waals surface area contributed by atoms with Crippen LogP contribution in [0, 0.1) is 0 Å². The van der Waals surface area contributed by atoms with Crippen molar-refractivity contribution < 1.29 is 4.74 Å². The molecular formula is C9H19N7O. The largest absolute Gasteiger partial charge is 0.385 e. The van der Waals surface area contributed by atoms with Gasteiger partial charge in [-0.3, -0.25) is 15.1 Å². The highest BCUT2D eigenvalue weighted by Crippen LogP contribution is 1.83. The fraction of sp³-hybridized carbons (Fsp3) is 0.667. The minimum absolute atomic E-state index is 0.571. The molecule has 0 spiro atoms. The predicted octanol–water partition coefficient (Wildman–Crippen LogP) is -1.28. The van der Waals surface area contributed by atoms with Crippen LogP contribution < -0.4 is 16.6 Å². The van der Waals surface area contributed by atoms with E-state index in [1.54, 1.807) is 24.2 Å². The number of hydrogen-bond acceptors (Lipinski definition) is 5. The van der Waals surface area contributed by atoms with Gasteiger partial charge in [0.25, 0.3) is 0 Å². The second-order valence-corrected chi connectivity index (χ2v) is 3.31. The van der Waals surface area contributed by atoms with Gasteiger partial charge in [0, 0.05) is 33.0 Å². The van der Waals surface area contributed by atoms with E-state index < -0.39 is 0 Å². The first kappa shape index (κ1) is 13.4. The SMILES string of the molecule is COCCCN=C(NN)NCCn1ccnn1. The van der Waals surface area contributed by atoms with Crippen LogP contribution in [0.5, 0.6) is 0 Å². The summed E-state index contributed by atoms with van der Waals surface area (Å²) in [6.07, 6.45) is 4.31. The molecule has 0 bridgehead atoms. The van der Waals surface area contributed by atoms with Crippen LogP contribution >= 0.6 is 0 Å². The van der Waals surface area contributed by atoms with Crippen molar-refractivity contribution in [3.63, 3.8) is 0 Å². The first-order chi connectivity index (χ1) is 8.36. The van der Waals surface area contributed by atoms with Crippen LogP contribution in [0.2, 0.25) is 0 Å². The Hall–Kier alpha value is -1.67. The molecule has 0 saturated heterocycles. The van der Waals surface area contributed by atoms with Crippen LogP contribution in [0.25, 0.3) is 0 Å². The van der Waals surface area contributed by atoms with Gasteiger partial charge >= 0.3 is 0 Å². The lowest BCUT2D eigenvalue weighted by atomic mass is 10.5. The van der Waals surface area contributed by atoms with Crippen molar-refractivity contribution in [2.45, 2.75) is 13.0 Å². The Morgan fingerprint density at radius 1 is 1.59 bits per heavy atom. The average Bonchev–Trinajstić information content (AvgIpc) is 2.85. The molecule has 1 heterocycles. The molecule has 0 radical (unpaired) electrons. The second kappa shape index (κ2) is 8.48. The van der Waals surface area contributed by atoms with E-state index in [9.17, 15) is 0 Å². The maximum absolute atomic E-state index is 5.34. The van der Waals surface area contributed by atoms with Crippen LogP contribution in [-0.2, 0) is 11.3 Å². The number of rotatable bonds is 7. The highest BCUT2D eigenvalue weighted by Gasteiger charge is 1.96. The van der Waals surface area contributed by atoms with Crippen molar-refractivity contribution in [3.8, 4) is 0 Å². The van der Waals surface area contributed by atoms with Crippen molar-refractivity contribution in [1.82, 2.24) is 25.7 Å². The summed E-state index contributed by atoms with van der Waals surface area (Å²) in [5.74, 6) is 5.91. The molecule has 0 saturated carbocycles. The van der Waals surface area contributed by atoms with E-state index in [0.29, 0.717) is 32.2 Å². The summed E-state index contributed by atoms with van der Waals surface area (Å²) in [7, 11) is 1.67. The van der Waals surface area contributed by atoms with Crippen LogP contribution in [0.3, 0.4) is 0 Å². The Kier molecular flexibility index (Phi) is 6.68. The van der Waals surface area contributed by atoms with E-state index in [2.05, 4.69) is 26.0 Å². The van der Waals surface area contributed by atoms with Crippen LogP contribution in [0.1, 0.15) is 6.42 Å². The van der Waals surface area contributed by atoms with Gasteiger partial charge in [-0.15, -0.1) is 5.10 Å².